The number of likely N-dealkylation sites (tertiary alicyclic amines) is 1. The van der Waals surface area contributed by atoms with Crippen molar-refractivity contribution >= 4 is 52.1 Å². The number of pyridine rings is 1. The van der Waals surface area contributed by atoms with Crippen molar-refractivity contribution < 1.29 is 75.5 Å². The van der Waals surface area contributed by atoms with Crippen molar-refractivity contribution in [2.24, 2.45) is 0 Å². The molecule has 0 radical (unpaired) electrons. The number of alkyl halides is 6. The van der Waals surface area contributed by atoms with E-state index < -0.39 is 36.5 Å². The lowest BCUT2D eigenvalue weighted by molar-refractivity contribution is -0.193. The number of benzene rings is 4. The number of phenols is 1. The SMILES string of the molecule is CC(Cc1cccc(NC(=O)CCCN(C)C(=O)CCN2CCC(OC(=O)Nc3ccccc3-c3ccccc3)CC2)c1)NC[C@H](O)c1ccc(O)c2[nH]c(=O)ccc12.O=C(O)C(F)(F)F.O=C(O)C(F)(F)F. The number of hydrogen-bond acceptors (Lipinski definition) is 11. The Morgan fingerprint density at radius 2 is 1.45 bits per heavy atom. The molecule has 6 rings (SSSR count). The number of aliphatic hydroxyl groups excluding tert-OH is 1. The minimum atomic E-state index is -5.08. The van der Waals surface area contributed by atoms with Crippen LogP contribution in [0.2, 0.25) is 0 Å². The number of aliphatic hydroxyl groups is 1. The van der Waals surface area contributed by atoms with Crippen molar-refractivity contribution in [2.45, 2.75) is 76.1 Å². The monoisotopic (exact) mass is 1030 g/mol. The standard InChI is InChI=1S/C46H54N6O7.2C2HF3O2/c1-31(47-30-41(54)37-17-19-40(53)45-38(37)18-20-43(56)50-45)28-32-10-8-13-34(29-32)48-42(55)16-9-24-51(2)44(57)23-27-52-25-21-35(22-26-52)59-46(58)49-39-15-7-6-14-36(39)33-11-4-3-5-12-33;2*3-2(4,5)1(6)7/h3-8,10-15,17-20,29,31,35,41,47,53-54H,9,16,21-28,30H2,1-2H3,(H,48,55)(H,49,58)(H,50,56);2*(H,6,7)/t31?,41-;;/m0../s1. The van der Waals surface area contributed by atoms with Crippen LogP contribution in [0.1, 0.15) is 56.3 Å². The number of aliphatic carboxylic acids is 2. The number of phenolic OH excluding ortho intramolecular Hbond substituents is 1. The highest BCUT2D eigenvalue weighted by molar-refractivity contribution is 5.92. The molecule has 1 saturated heterocycles. The van der Waals surface area contributed by atoms with Gasteiger partial charge in [0.2, 0.25) is 17.4 Å². The van der Waals surface area contributed by atoms with E-state index in [0.717, 1.165) is 29.8 Å². The van der Waals surface area contributed by atoms with E-state index in [4.69, 9.17) is 24.5 Å². The van der Waals surface area contributed by atoms with Crippen LogP contribution in [0, 0.1) is 0 Å². The molecule has 0 aliphatic carbocycles. The fraction of sp³-hybridized carbons (Fsp3) is 0.360. The molecule has 4 aromatic carbocycles. The number of aromatic hydroxyl groups is 1. The minimum Gasteiger partial charge on any atom is -0.506 e. The first kappa shape index (κ1) is 58.1. The summed E-state index contributed by atoms with van der Waals surface area (Å²) in [6.45, 7) is 4.83. The molecule has 0 bridgehead atoms. The van der Waals surface area contributed by atoms with E-state index in [-0.39, 0.29) is 48.2 Å². The molecule has 1 fully saturated rings. The number of H-pyrrole nitrogens is 1. The lowest BCUT2D eigenvalue weighted by Crippen LogP contribution is -2.40. The van der Waals surface area contributed by atoms with Gasteiger partial charge in [0.25, 0.3) is 0 Å². The zero-order chi connectivity index (χ0) is 53.9. The van der Waals surface area contributed by atoms with Gasteiger partial charge >= 0.3 is 30.4 Å². The third-order valence-corrected chi connectivity index (χ3v) is 11.2. The van der Waals surface area contributed by atoms with Crippen LogP contribution >= 0.6 is 0 Å². The molecule has 8 N–H and O–H groups in total. The zero-order valence-electron chi connectivity index (χ0n) is 39.6. The maximum Gasteiger partial charge on any atom is 0.490 e. The normalized spacial score (nSPS) is 13.8. The summed E-state index contributed by atoms with van der Waals surface area (Å²) in [5, 5.41) is 45.1. The Labute approximate surface area is 414 Å². The van der Waals surface area contributed by atoms with Crippen LogP contribution in [-0.4, -0.2) is 129 Å². The van der Waals surface area contributed by atoms with Crippen molar-refractivity contribution in [2.75, 3.05) is 50.4 Å². The number of halogens is 6. The lowest BCUT2D eigenvalue weighted by atomic mass is 10.0. The molecule has 1 aromatic heterocycles. The summed E-state index contributed by atoms with van der Waals surface area (Å²) < 4.78 is 69.2. The van der Waals surface area contributed by atoms with E-state index >= 15 is 0 Å². The molecule has 0 spiro atoms. The number of para-hydroxylation sites is 1. The van der Waals surface area contributed by atoms with E-state index in [2.05, 4.69) is 25.8 Å². The number of hydrogen-bond donors (Lipinski definition) is 8. The Bertz CT molecular complexity index is 2670. The van der Waals surface area contributed by atoms with Gasteiger partial charge in [-0.05, 0) is 79.6 Å². The number of carbonyl (C=O) groups excluding carboxylic acids is 3. The summed E-state index contributed by atoms with van der Waals surface area (Å²) in [6, 6.07) is 31.3. The fourth-order valence-electron chi connectivity index (χ4n) is 7.45. The smallest absolute Gasteiger partial charge is 0.490 e. The molecule has 1 aliphatic rings. The number of fused-ring (bicyclic) bond motifs is 1. The maximum absolute atomic E-state index is 12.9. The topological polar surface area (TPSA) is 251 Å². The second-order valence-electron chi connectivity index (χ2n) is 16.8. The third kappa shape index (κ3) is 19.6. The number of ether oxygens (including phenoxy) is 1. The quantitative estimate of drug-likeness (QED) is 0.0417. The number of aromatic amines is 1. The zero-order valence-corrected chi connectivity index (χ0v) is 39.6. The molecule has 394 valence electrons. The largest absolute Gasteiger partial charge is 0.506 e. The summed E-state index contributed by atoms with van der Waals surface area (Å²) in [6.07, 6.45) is -8.47. The molecule has 73 heavy (non-hydrogen) atoms. The number of carboxylic acid groups (broad SMARTS) is 2. The Kier molecular flexibility index (Phi) is 21.8. The van der Waals surface area contributed by atoms with Gasteiger partial charge in [0, 0.05) is 81.4 Å². The van der Waals surface area contributed by atoms with Crippen molar-refractivity contribution in [3.8, 4) is 16.9 Å². The molecule has 2 atom stereocenters. The van der Waals surface area contributed by atoms with Gasteiger partial charge in [-0.25, -0.2) is 14.4 Å². The third-order valence-electron chi connectivity index (χ3n) is 11.2. The lowest BCUT2D eigenvalue weighted by Gasteiger charge is -2.31. The number of piperidine rings is 1. The van der Waals surface area contributed by atoms with Gasteiger partial charge < -0.3 is 50.6 Å². The Morgan fingerprint density at radius 3 is 2.10 bits per heavy atom. The second-order valence-corrected chi connectivity index (χ2v) is 16.8. The van der Waals surface area contributed by atoms with Crippen LogP contribution in [0.3, 0.4) is 0 Å². The van der Waals surface area contributed by atoms with Gasteiger partial charge in [-0.1, -0.05) is 66.7 Å². The molecule has 23 heteroatoms. The molecule has 1 unspecified atom stereocenters. The maximum atomic E-state index is 12.9. The second kappa shape index (κ2) is 27.4. The number of rotatable bonds is 17. The summed E-state index contributed by atoms with van der Waals surface area (Å²) in [4.78, 5) is 74.5. The predicted octanol–water partition coefficient (Wildman–Crippen LogP) is 7.70. The summed E-state index contributed by atoms with van der Waals surface area (Å²) in [5.41, 5.74) is 4.89. The molecule has 5 aromatic rings. The van der Waals surface area contributed by atoms with Crippen LogP contribution in [0.4, 0.5) is 42.5 Å². The molecule has 2 heterocycles. The number of aromatic nitrogens is 1. The first-order valence-electron chi connectivity index (χ1n) is 22.7. The van der Waals surface area contributed by atoms with Gasteiger partial charge in [-0.3, -0.25) is 19.7 Å². The first-order chi connectivity index (χ1) is 34.4. The van der Waals surface area contributed by atoms with Crippen molar-refractivity contribution in [1.82, 2.24) is 20.1 Å². The van der Waals surface area contributed by atoms with Crippen LogP contribution < -0.4 is 21.5 Å². The average Bonchev–Trinajstić information content (AvgIpc) is 3.33. The van der Waals surface area contributed by atoms with E-state index in [9.17, 15) is 55.7 Å². The van der Waals surface area contributed by atoms with E-state index in [1.54, 1.807) is 24.1 Å². The average molecular weight is 1030 g/mol. The molecular weight excluding hydrogens is 975 g/mol. The van der Waals surface area contributed by atoms with Crippen LogP contribution in [0.25, 0.3) is 22.0 Å². The van der Waals surface area contributed by atoms with Crippen molar-refractivity contribution in [3.63, 3.8) is 0 Å². The summed E-state index contributed by atoms with van der Waals surface area (Å²) in [5.74, 6) is -5.67. The van der Waals surface area contributed by atoms with Gasteiger partial charge in [0.05, 0.1) is 17.3 Å². The number of nitrogens with one attached hydrogen (secondary N) is 4. The predicted molar refractivity (Wildman–Crippen MR) is 258 cm³/mol. The fourth-order valence-corrected chi connectivity index (χ4v) is 7.45. The Balaban J connectivity index is 0.000000722. The molecule has 17 nitrogen and oxygen atoms in total. The van der Waals surface area contributed by atoms with Crippen LogP contribution in [0.15, 0.2) is 108 Å². The van der Waals surface area contributed by atoms with Gasteiger partial charge in [-0.15, -0.1) is 0 Å². The molecular formula is C50H56F6N6O11. The van der Waals surface area contributed by atoms with Crippen molar-refractivity contribution in [3.05, 3.63) is 125 Å². The summed E-state index contributed by atoms with van der Waals surface area (Å²) in [7, 11) is 1.77. The van der Waals surface area contributed by atoms with Crippen LogP contribution in [-0.2, 0) is 30.3 Å². The number of nitrogens with zero attached hydrogens (tertiary/aromatic N) is 2. The van der Waals surface area contributed by atoms with Crippen molar-refractivity contribution in [1.29, 1.82) is 0 Å². The minimum absolute atomic E-state index is 0.000676. The number of amides is 3. The summed E-state index contributed by atoms with van der Waals surface area (Å²) >= 11 is 0. The first-order valence-corrected chi connectivity index (χ1v) is 22.7. The highest BCUT2D eigenvalue weighted by Gasteiger charge is 2.39. The molecule has 1 aliphatic heterocycles. The van der Waals surface area contributed by atoms with Gasteiger partial charge in [0.15, 0.2) is 0 Å². The van der Waals surface area contributed by atoms with E-state index in [0.29, 0.717) is 73.0 Å². The van der Waals surface area contributed by atoms with E-state index in [1.165, 1.54) is 12.1 Å². The molecule has 0 saturated carbocycles. The number of carboxylic acids is 2. The Hall–Kier alpha value is -7.50. The molecule has 3 amide bonds. The van der Waals surface area contributed by atoms with E-state index in [1.807, 2.05) is 85.8 Å². The number of anilines is 2. The van der Waals surface area contributed by atoms with Gasteiger partial charge in [-0.2, -0.15) is 26.3 Å². The van der Waals surface area contributed by atoms with Crippen LogP contribution in [0.5, 0.6) is 5.75 Å². The Morgan fingerprint density at radius 1 is 0.822 bits per heavy atom. The highest BCUT2D eigenvalue weighted by atomic mass is 19.4. The number of carbonyl (C=O) groups is 5. The van der Waals surface area contributed by atoms with Gasteiger partial charge in [0.1, 0.15) is 11.9 Å². The highest BCUT2D eigenvalue weighted by Crippen LogP contribution is 2.30.